The Morgan fingerprint density at radius 2 is 1.73 bits per heavy atom. The molecule has 0 saturated carbocycles. The first kappa shape index (κ1) is 30.8. The molecule has 1 aliphatic rings. The summed E-state index contributed by atoms with van der Waals surface area (Å²) < 4.78 is 38.1. The maximum atomic E-state index is 10.6. The fourth-order valence-corrected chi connectivity index (χ4v) is 4.44. The fraction of sp³-hybridized carbons (Fsp3) is 0.444. The first-order valence-corrected chi connectivity index (χ1v) is 13.3. The van der Waals surface area contributed by atoms with E-state index in [0.717, 1.165) is 47.8 Å². The molecule has 37 heavy (non-hydrogen) atoms. The third kappa shape index (κ3) is 12.6. The summed E-state index contributed by atoms with van der Waals surface area (Å²) in [6.45, 7) is 4.41. The summed E-state index contributed by atoms with van der Waals surface area (Å²) in [6.07, 6.45) is -3.26. The van der Waals surface area contributed by atoms with Gasteiger partial charge in [0.05, 0.1) is 0 Å². The molecule has 0 amide bonds. The molecule has 1 saturated heterocycles. The van der Waals surface area contributed by atoms with Crippen molar-refractivity contribution < 1.29 is 27.8 Å². The lowest BCUT2D eigenvalue weighted by Gasteiger charge is -2.24. The van der Waals surface area contributed by atoms with Crippen LogP contribution in [0.5, 0.6) is 5.75 Å². The van der Waals surface area contributed by atoms with Crippen LogP contribution in [0.1, 0.15) is 30.1 Å². The van der Waals surface area contributed by atoms with Crippen molar-refractivity contribution in [2.24, 2.45) is 0 Å². The Labute approximate surface area is 225 Å². The summed E-state index contributed by atoms with van der Waals surface area (Å²) in [6, 6.07) is 16.1. The maximum Gasteiger partial charge on any atom is 0.490 e. The minimum atomic E-state index is -5.08. The minimum Gasteiger partial charge on any atom is -0.486 e. The van der Waals surface area contributed by atoms with E-state index in [0.29, 0.717) is 0 Å². The molecule has 0 radical (unpaired) electrons. The van der Waals surface area contributed by atoms with E-state index in [9.17, 15) is 13.2 Å². The molecule has 202 valence electrons. The van der Waals surface area contributed by atoms with Crippen molar-refractivity contribution in [3.63, 3.8) is 0 Å². The lowest BCUT2D eigenvalue weighted by molar-refractivity contribution is -0.192. The van der Waals surface area contributed by atoms with Gasteiger partial charge in [-0.05, 0) is 56.1 Å². The summed E-state index contributed by atoms with van der Waals surface area (Å²) in [5, 5.41) is 7.87. The predicted octanol–water partition coefficient (Wildman–Crippen LogP) is 5.84. The number of hydrogen-bond acceptors (Lipinski definition) is 5. The van der Waals surface area contributed by atoms with Gasteiger partial charge in [0.1, 0.15) is 11.9 Å². The van der Waals surface area contributed by atoms with E-state index < -0.39 is 12.1 Å². The minimum absolute atomic E-state index is 0.00990. The molecule has 1 unspecified atom stereocenters. The second kappa shape index (κ2) is 15.8. The lowest BCUT2D eigenvalue weighted by Crippen LogP contribution is -2.33. The second-order valence-corrected chi connectivity index (χ2v) is 10.2. The van der Waals surface area contributed by atoms with Gasteiger partial charge >= 0.3 is 12.1 Å². The smallest absolute Gasteiger partial charge is 0.486 e. The van der Waals surface area contributed by atoms with Gasteiger partial charge in [-0.3, -0.25) is 0 Å². The number of nitrogens with zero attached hydrogens (tertiary/aromatic N) is 2. The summed E-state index contributed by atoms with van der Waals surface area (Å²) in [7, 11) is 4.16. The summed E-state index contributed by atoms with van der Waals surface area (Å²) in [5.74, 6) is 7.21. The number of halogens is 4. The summed E-state index contributed by atoms with van der Waals surface area (Å²) >= 11 is 8.10. The standard InChI is InChI=1S/C25H31ClN2OS.C2HF3O2/c1-27(2)16-14-25(22-8-10-23(26)11-9-22)29-24-12-6-21(7-13-24)5-3-4-15-28-17-19-30-20-18-28;3-2(4,5)1(6)7/h6-13,25H,4,14-20H2,1-2H3;(H,6,7). The van der Waals surface area contributed by atoms with Crippen molar-refractivity contribution in [1.29, 1.82) is 0 Å². The van der Waals surface area contributed by atoms with Gasteiger partial charge in [-0.15, -0.1) is 0 Å². The van der Waals surface area contributed by atoms with E-state index in [1.54, 1.807) is 0 Å². The largest absolute Gasteiger partial charge is 0.490 e. The van der Waals surface area contributed by atoms with Crippen molar-refractivity contribution in [3.05, 3.63) is 64.7 Å². The number of rotatable bonds is 8. The van der Waals surface area contributed by atoms with E-state index in [4.69, 9.17) is 26.2 Å². The van der Waals surface area contributed by atoms with Crippen LogP contribution in [0.3, 0.4) is 0 Å². The normalized spacial score (nSPS) is 14.7. The molecule has 1 heterocycles. The molecule has 0 bridgehead atoms. The number of carboxylic acid groups (broad SMARTS) is 1. The molecule has 10 heteroatoms. The number of thioether (sulfide) groups is 1. The zero-order valence-corrected chi connectivity index (χ0v) is 22.5. The fourth-order valence-electron chi connectivity index (χ4n) is 3.33. The predicted molar refractivity (Wildman–Crippen MR) is 143 cm³/mol. The molecule has 5 nitrogen and oxygen atoms in total. The molecule has 1 fully saturated rings. The Hall–Kier alpha value is -2.38. The number of alkyl halides is 3. The van der Waals surface area contributed by atoms with Crippen LogP contribution in [0.4, 0.5) is 13.2 Å². The van der Waals surface area contributed by atoms with Crippen molar-refractivity contribution in [2.45, 2.75) is 25.1 Å². The summed E-state index contributed by atoms with van der Waals surface area (Å²) in [4.78, 5) is 13.6. The highest BCUT2D eigenvalue weighted by molar-refractivity contribution is 7.99. The molecule has 3 rings (SSSR count). The molecule has 0 aliphatic carbocycles. The van der Waals surface area contributed by atoms with Gasteiger partial charge in [-0.25, -0.2) is 4.79 Å². The van der Waals surface area contributed by atoms with Crippen LogP contribution in [0.2, 0.25) is 5.02 Å². The Morgan fingerprint density at radius 3 is 2.27 bits per heavy atom. The van der Waals surface area contributed by atoms with Crippen LogP contribution in [0.25, 0.3) is 0 Å². The number of aliphatic carboxylic acids is 1. The van der Waals surface area contributed by atoms with Crippen LogP contribution in [0, 0.1) is 11.8 Å². The van der Waals surface area contributed by atoms with Gasteiger partial charge in [-0.1, -0.05) is 35.6 Å². The molecule has 0 aromatic heterocycles. The van der Waals surface area contributed by atoms with Crippen LogP contribution >= 0.6 is 23.4 Å². The molecule has 2 aromatic rings. The highest BCUT2D eigenvalue weighted by Gasteiger charge is 2.38. The molecule has 1 atom stereocenters. The van der Waals surface area contributed by atoms with Crippen LogP contribution in [0.15, 0.2) is 48.5 Å². The zero-order valence-electron chi connectivity index (χ0n) is 20.9. The Bertz CT molecular complexity index is 1020. The molecule has 2 aromatic carbocycles. The number of hydrogen-bond donors (Lipinski definition) is 1. The SMILES string of the molecule is CN(C)CCC(Oc1ccc(C#CCCN2CCSCC2)cc1)c1ccc(Cl)cc1.O=C(O)C(F)(F)F. The third-order valence-corrected chi connectivity index (χ3v) is 6.54. The van der Waals surface area contributed by atoms with Gasteiger partial charge in [0, 0.05) is 61.1 Å². The number of benzene rings is 2. The van der Waals surface area contributed by atoms with Crippen molar-refractivity contribution >= 4 is 29.3 Å². The van der Waals surface area contributed by atoms with Crippen LogP contribution in [-0.2, 0) is 4.79 Å². The Morgan fingerprint density at radius 1 is 1.14 bits per heavy atom. The lowest BCUT2D eigenvalue weighted by atomic mass is 10.1. The van der Waals surface area contributed by atoms with Gasteiger partial charge in [0.25, 0.3) is 0 Å². The molecule has 1 N–H and O–H groups in total. The van der Waals surface area contributed by atoms with Gasteiger partial charge in [0.2, 0.25) is 0 Å². The molecule has 0 spiro atoms. The van der Waals surface area contributed by atoms with E-state index in [-0.39, 0.29) is 6.10 Å². The second-order valence-electron chi connectivity index (χ2n) is 8.58. The van der Waals surface area contributed by atoms with Crippen molar-refractivity contribution in [1.82, 2.24) is 9.80 Å². The topological polar surface area (TPSA) is 53.0 Å². The number of carbonyl (C=O) groups is 1. The monoisotopic (exact) mass is 556 g/mol. The first-order valence-electron chi connectivity index (χ1n) is 11.8. The molecular weight excluding hydrogens is 525 g/mol. The van der Waals surface area contributed by atoms with E-state index >= 15 is 0 Å². The number of carboxylic acids is 1. The average molecular weight is 557 g/mol. The van der Waals surface area contributed by atoms with Crippen LogP contribution in [-0.4, -0.2) is 78.8 Å². The average Bonchev–Trinajstić information content (AvgIpc) is 2.86. The van der Waals surface area contributed by atoms with Crippen molar-refractivity contribution in [3.8, 4) is 17.6 Å². The van der Waals surface area contributed by atoms with Gasteiger partial charge < -0.3 is 19.6 Å². The van der Waals surface area contributed by atoms with Crippen molar-refractivity contribution in [2.75, 3.05) is 51.8 Å². The Balaban J connectivity index is 0.000000604. The Kier molecular flexibility index (Phi) is 13.1. The third-order valence-electron chi connectivity index (χ3n) is 5.34. The highest BCUT2D eigenvalue weighted by Crippen LogP contribution is 2.26. The molecule has 1 aliphatic heterocycles. The van der Waals surface area contributed by atoms with E-state index in [1.807, 2.05) is 60.3 Å². The van der Waals surface area contributed by atoms with E-state index in [1.165, 1.54) is 24.6 Å². The highest BCUT2D eigenvalue weighted by atomic mass is 35.5. The maximum absolute atomic E-state index is 10.6. The molecular formula is C27H32ClF3N2O3S. The summed E-state index contributed by atoms with van der Waals surface area (Å²) in [5.41, 5.74) is 2.18. The van der Waals surface area contributed by atoms with Crippen LogP contribution < -0.4 is 4.74 Å². The van der Waals surface area contributed by atoms with Gasteiger partial charge in [0.15, 0.2) is 0 Å². The van der Waals surface area contributed by atoms with Gasteiger partial charge in [-0.2, -0.15) is 24.9 Å². The first-order chi connectivity index (χ1) is 17.5. The number of ether oxygens (including phenoxy) is 1. The zero-order chi connectivity index (χ0) is 27.3. The quantitative estimate of drug-likeness (QED) is 0.413. The van der Waals surface area contributed by atoms with E-state index in [2.05, 4.69) is 35.7 Å².